The lowest BCUT2D eigenvalue weighted by molar-refractivity contribution is -0.150. The van der Waals surface area contributed by atoms with Gasteiger partial charge in [0.05, 0.1) is 11.0 Å². The SMILES string of the molecule is Cc1ccc(NC(=O)[C@@H](C)OC(=O)CS[C@@H](C)C(=O)Nc2cc(C)on2)cc1. The summed E-state index contributed by atoms with van der Waals surface area (Å²) in [5.41, 5.74) is 1.70. The van der Waals surface area contributed by atoms with Crippen molar-refractivity contribution in [2.75, 3.05) is 16.4 Å². The van der Waals surface area contributed by atoms with E-state index in [4.69, 9.17) is 9.26 Å². The van der Waals surface area contributed by atoms with Crippen LogP contribution < -0.4 is 10.6 Å². The monoisotopic (exact) mass is 405 g/mol. The Hall–Kier alpha value is -2.81. The largest absolute Gasteiger partial charge is 0.452 e. The van der Waals surface area contributed by atoms with Gasteiger partial charge in [-0.25, -0.2) is 0 Å². The van der Waals surface area contributed by atoms with Gasteiger partial charge in [-0.1, -0.05) is 22.9 Å². The number of carbonyl (C=O) groups excluding carboxylic acids is 3. The van der Waals surface area contributed by atoms with Crippen LogP contribution in [0.5, 0.6) is 0 Å². The summed E-state index contributed by atoms with van der Waals surface area (Å²) < 4.78 is 10.0. The van der Waals surface area contributed by atoms with Crippen molar-refractivity contribution in [2.24, 2.45) is 0 Å². The molecule has 0 spiro atoms. The molecule has 0 saturated carbocycles. The second-order valence-electron chi connectivity index (χ2n) is 6.25. The Morgan fingerprint density at radius 2 is 1.79 bits per heavy atom. The van der Waals surface area contributed by atoms with Gasteiger partial charge in [0.25, 0.3) is 5.91 Å². The molecule has 0 unspecified atom stereocenters. The lowest BCUT2D eigenvalue weighted by Crippen LogP contribution is -2.31. The third-order valence-corrected chi connectivity index (χ3v) is 4.81. The number of nitrogens with one attached hydrogen (secondary N) is 2. The van der Waals surface area contributed by atoms with Crippen LogP contribution in [-0.4, -0.2) is 40.0 Å². The zero-order chi connectivity index (χ0) is 20.7. The van der Waals surface area contributed by atoms with Gasteiger partial charge in [-0.2, -0.15) is 0 Å². The summed E-state index contributed by atoms with van der Waals surface area (Å²) in [4.78, 5) is 36.1. The fourth-order valence-electron chi connectivity index (χ4n) is 2.09. The molecule has 0 bridgehead atoms. The summed E-state index contributed by atoms with van der Waals surface area (Å²) in [5.74, 6) is -0.468. The van der Waals surface area contributed by atoms with E-state index in [0.29, 0.717) is 17.3 Å². The molecule has 0 aliphatic rings. The van der Waals surface area contributed by atoms with Gasteiger partial charge in [0.15, 0.2) is 11.9 Å². The maximum absolute atomic E-state index is 12.1. The highest BCUT2D eigenvalue weighted by atomic mass is 32.2. The lowest BCUT2D eigenvalue weighted by atomic mass is 10.2. The summed E-state index contributed by atoms with van der Waals surface area (Å²) in [6.45, 7) is 6.82. The van der Waals surface area contributed by atoms with Crippen LogP contribution in [0.2, 0.25) is 0 Å². The zero-order valence-corrected chi connectivity index (χ0v) is 17.0. The highest BCUT2D eigenvalue weighted by molar-refractivity contribution is 8.01. The van der Waals surface area contributed by atoms with E-state index in [-0.39, 0.29) is 11.7 Å². The number of hydrogen-bond donors (Lipinski definition) is 2. The number of ether oxygens (including phenoxy) is 1. The van der Waals surface area contributed by atoms with Gasteiger partial charge in [-0.15, -0.1) is 11.8 Å². The van der Waals surface area contributed by atoms with E-state index >= 15 is 0 Å². The molecule has 2 atom stereocenters. The van der Waals surface area contributed by atoms with Crippen molar-refractivity contribution in [1.82, 2.24) is 5.16 Å². The molecule has 1 aromatic carbocycles. The van der Waals surface area contributed by atoms with Crippen LogP contribution in [0.25, 0.3) is 0 Å². The second kappa shape index (κ2) is 9.93. The Bertz CT molecular complexity index is 834. The molecule has 2 aromatic rings. The number of aromatic nitrogens is 1. The molecule has 1 heterocycles. The Balaban J connectivity index is 1.73. The van der Waals surface area contributed by atoms with Crippen LogP contribution in [0.15, 0.2) is 34.9 Å². The molecule has 2 amide bonds. The Labute approximate surface area is 167 Å². The predicted octanol–water partition coefficient (Wildman–Crippen LogP) is 2.92. The molecule has 0 aliphatic heterocycles. The van der Waals surface area contributed by atoms with Crippen LogP contribution in [0.3, 0.4) is 0 Å². The van der Waals surface area contributed by atoms with Gasteiger partial charge in [0, 0.05) is 11.8 Å². The topological polar surface area (TPSA) is 111 Å². The van der Waals surface area contributed by atoms with Crippen LogP contribution >= 0.6 is 11.8 Å². The molecule has 0 radical (unpaired) electrons. The Kier molecular flexibility index (Phi) is 7.62. The number of thioether (sulfide) groups is 1. The van der Waals surface area contributed by atoms with Gasteiger partial charge in [-0.05, 0) is 39.8 Å². The van der Waals surface area contributed by atoms with E-state index in [9.17, 15) is 14.4 Å². The highest BCUT2D eigenvalue weighted by Gasteiger charge is 2.21. The molecule has 2 rings (SSSR count). The summed E-state index contributed by atoms with van der Waals surface area (Å²) in [5, 5.41) is 8.45. The summed E-state index contributed by atoms with van der Waals surface area (Å²) in [6, 6.07) is 8.88. The number of hydrogen-bond acceptors (Lipinski definition) is 7. The van der Waals surface area contributed by atoms with Crippen molar-refractivity contribution in [1.29, 1.82) is 0 Å². The van der Waals surface area contributed by atoms with Crippen molar-refractivity contribution in [3.63, 3.8) is 0 Å². The number of benzene rings is 1. The van der Waals surface area contributed by atoms with Crippen LogP contribution in [-0.2, 0) is 19.1 Å². The van der Waals surface area contributed by atoms with Crippen molar-refractivity contribution in [3.05, 3.63) is 41.7 Å². The fraction of sp³-hybridized carbons (Fsp3) is 0.368. The van der Waals surface area contributed by atoms with Gasteiger partial charge >= 0.3 is 5.97 Å². The third kappa shape index (κ3) is 6.73. The molecular weight excluding hydrogens is 382 g/mol. The summed E-state index contributed by atoms with van der Waals surface area (Å²) in [7, 11) is 0. The maximum Gasteiger partial charge on any atom is 0.316 e. The molecule has 0 saturated heterocycles. The minimum Gasteiger partial charge on any atom is -0.452 e. The molecule has 9 heteroatoms. The minimum absolute atomic E-state index is 0.0609. The first-order chi connectivity index (χ1) is 13.2. The number of amides is 2. The molecule has 8 nitrogen and oxygen atoms in total. The van der Waals surface area contributed by atoms with Crippen molar-refractivity contribution in [3.8, 4) is 0 Å². The van der Waals surface area contributed by atoms with Gasteiger partial charge in [0.1, 0.15) is 5.76 Å². The molecule has 2 N–H and O–H groups in total. The number of carbonyl (C=O) groups is 3. The van der Waals surface area contributed by atoms with Crippen LogP contribution in [0.1, 0.15) is 25.2 Å². The molecule has 28 heavy (non-hydrogen) atoms. The van der Waals surface area contributed by atoms with E-state index in [1.165, 1.54) is 6.92 Å². The Morgan fingerprint density at radius 3 is 2.39 bits per heavy atom. The standard InChI is InChI=1S/C19H23N3O5S/c1-11-5-7-15(8-6-11)20-18(24)13(3)26-17(23)10-28-14(4)19(25)21-16-9-12(2)27-22-16/h5-9,13-14H,10H2,1-4H3,(H,20,24)(H,21,22,25)/t13-,14+/m1/s1. The quantitative estimate of drug-likeness (QED) is 0.650. The lowest BCUT2D eigenvalue weighted by Gasteiger charge is -2.14. The molecule has 0 aliphatic carbocycles. The molecule has 150 valence electrons. The normalized spacial score (nSPS) is 12.7. The van der Waals surface area contributed by atoms with Gasteiger partial charge < -0.3 is 19.9 Å². The number of esters is 1. The van der Waals surface area contributed by atoms with E-state index in [0.717, 1.165) is 17.3 Å². The van der Waals surface area contributed by atoms with E-state index in [2.05, 4.69) is 15.8 Å². The van der Waals surface area contributed by atoms with Crippen LogP contribution in [0.4, 0.5) is 11.5 Å². The highest BCUT2D eigenvalue weighted by Crippen LogP contribution is 2.15. The Morgan fingerprint density at radius 1 is 1.11 bits per heavy atom. The van der Waals surface area contributed by atoms with Crippen molar-refractivity contribution >= 4 is 41.1 Å². The van der Waals surface area contributed by atoms with E-state index < -0.39 is 23.2 Å². The molecule has 1 aromatic heterocycles. The number of anilines is 2. The predicted molar refractivity (Wildman–Crippen MR) is 107 cm³/mol. The van der Waals surface area contributed by atoms with Crippen LogP contribution in [0, 0.1) is 13.8 Å². The first-order valence-corrected chi connectivity index (χ1v) is 9.72. The average Bonchev–Trinajstić information content (AvgIpc) is 3.06. The maximum atomic E-state index is 12.1. The van der Waals surface area contributed by atoms with Crippen molar-refractivity contribution in [2.45, 2.75) is 39.0 Å². The fourth-order valence-corrected chi connectivity index (χ4v) is 2.75. The van der Waals surface area contributed by atoms with Gasteiger partial charge in [0.2, 0.25) is 5.91 Å². The average molecular weight is 405 g/mol. The minimum atomic E-state index is -0.948. The first kappa shape index (κ1) is 21.5. The summed E-state index contributed by atoms with van der Waals surface area (Å²) in [6.07, 6.45) is -0.948. The second-order valence-corrected chi connectivity index (χ2v) is 7.58. The number of nitrogens with zero attached hydrogens (tertiary/aromatic N) is 1. The van der Waals surface area contributed by atoms with E-state index in [1.54, 1.807) is 32.0 Å². The molecule has 0 fully saturated rings. The van der Waals surface area contributed by atoms with Crippen molar-refractivity contribution < 1.29 is 23.6 Å². The third-order valence-electron chi connectivity index (χ3n) is 3.70. The first-order valence-electron chi connectivity index (χ1n) is 8.67. The molecular formula is C19H23N3O5S. The van der Waals surface area contributed by atoms with Gasteiger partial charge in [-0.3, -0.25) is 14.4 Å². The zero-order valence-electron chi connectivity index (χ0n) is 16.1. The number of rotatable bonds is 8. The number of aryl methyl sites for hydroxylation is 2. The van der Waals surface area contributed by atoms with E-state index in [1.807, 2.05) is 19.1 Å². The summed E-state index contributed by atoms with van der Waals surface area (Å²) >= 11 is 1.10. The smallest absolute Gasteiger partial charge is 0.316 e.